The van der Waals surface area contributed by atoms with Gasteiger partial charge in [0.1, 0.15) is 0 Å². The predicted molar refractivity (Wildman–Crippen MR) is 112 cm³/mol. The van der Waals surface area contributed by atoms with Crippen LogP contribution in [0, 0.1) is 0 Å². The first-order valence-electron chi connectivity index (χ1n) is 9.15. The lowest BCUT2D eigenvalue weighted by Gasteiger charge is -2.10. The molecule has 3 aromatic rings. The van der Waals surface area contributed by atoms with Crippen molar-refractivity contribution >= 4 is 34.0 Å². The minimum atomic E-state index is -0.305. The van der Waals surface area contributed by atoms with Gasteiger partial charge in [-0.25, -0.2) is 4.98 Å². The van der Waals surface area contributed by atoms with E-state index < -0.39 is 0 Å². The summed E-state index contributed by atoms with van der Waals surface area (Å²) < 4.78 is 11.1. The number of hydrogen-bond donors (Lipinski definition) is 2. The third-order valence-corrected chi connectivity index (χ3v) is 5.04. The van der Waals surface area contributed by atoms with E-state index in [0.717, 1.165) is 22.5 Å². The molecular formula is C21H19N3O4S. The minimum Gasteiger partial charge on any atom is -0.490 e. The molecule has 0 unspecified atom stereocenters. The van der Waals surface area contributed by atoms with Crippen LogP contribution in [-0.4, -0.2) is 30.0 Å². The van der Waals surface area contributed by atoms with Crippen LogP contribution in [-0.2, 0) is 16.0 Å². The maximum absolute atomic E-state index is 12.2. The highest BCUT2D eigenvalue weighted by Gasteiger charge is 2.18. The molecule has 2 heterocycles. The molecule has 2 amide bonds. The quantitative estimate of drug-likeness (QED) is 0.621. The van der Waals surface area contributed by atoms with Gasteiger partial charge >= 0.3 is 0 Å². The molecule has 0 fully saturated rings. The molecule has 4 rings (SSSR count). The first-order valence-corrected chi connectivity index (χ1v) is 10.0. The number of hydrogen-bond acceptors (Lipinski definition) is 6. The molecule has 148 valence electrons. The molecule has 0 atom stereocenters. The van der Waals surface area contributed by atoms with Gasteiger partial charge in [0.05, 0.1) is 18.7 Å². The van der Waals surface area contributed by atoms with Crippen molar-refractivity contribution in [3.05, 3.63) is 53.4 Å². The number of amides is 2. The summed E-state index contributed by atoms with van der Waals surface area (Å²) >= 11 is 1.33. The predicted octanol–water partition coefficient (Wildman–Crippen LogP) is 3.72. The molecule has 1 aliphatic rings. The van der Waals surface area contributed by atoms with Gasteiger partial charge in [0.15, 0.2) is 23.2 Å². The second-order valence-electron chi connectivity index (χ2n) is 6.35. The van der Waals surface area contributed by atoms with Crippen molar-refractivity contribution in [3.8, 4) is 22.8 Å². The number of para-hydroxylation sites is 2. The zero-order chi connectivity index (χ0) is 20.2. The zero-order valence-electron chi connectivity index (χ0n) is 15.7. The lowest BCUT2D eigenvalue weighted by atomic mass is 10.1. The standard InChI is InChI=1S/C21H19N3O4S/c1-2-27-17-5-3-4-6-18(17)28-11-20(26)24-21-23-16(12-29-21)13-7-8-15-14(9-13)10-19(25)22-15/h3-9,12H,2,10-11H2,1H3,(H,22,25)(H,23,24,26). The normalized spacial score (nSPS) is 12.2. The van der Waals surface area contributed by atoms with E-state index in [-0.39, 0.29) is 18.4 Å². The Labute approximate surface area is 171 Å². The Hall–Kier alpha value is -3.39. The summed E-state index contributed by atoms with van der Waals surface area (Å²) in [5.41, 5.74) is 3.44. The van der Waals surface area contributed by atoms with Crippen LogP contribution < -0.4 is 20.1 Å². The van der Waals surface area contributed by atoms with Crippen molar-refractivity contribution in [2.24, 2.45) is 0 Å². The molecule has 29 heavy (non-hydrogen) atoms. The molecule has 7 nitrogen and oxygen atoms in total. The SMILES string of the molecule is CCOc1ccccc1OCC(=O)Nc1nc(-c2ccc3c(c2)CC(=O)N3)cs1. The first-order chi connectivity index (χ1) is 14.1. The highest BCUT2D eigenvalue weighted by Crippen LogP contribution is 2.31. The van der Waals surface area contributed by atoms with Crippen LogP contribution in [0.5, 0.6) is 11.5 Å². The van der Waals surface area contributed by atoms with Crippen LogP contribution in [0.2, 0.25) is 0 Å². The molecule has 1 aliphatic heterocycles. The van der Waals surface area contributed by atoms with E-state index in [1.807, 2.05) is 42.6 Å². The summed E-state index contributed by atoms with van der Waals surface area (Å²) in [4.78, 5) is 28.2. The van der Waals surface area contributed by atoms with Gasteiger partial charge in [-0.05, 0) is 36.8 Å². The number of benzene rings is 2. The summed E-state index contributed by atoms with van der Waals surface area (Å²) in [6, 6.07) is 12.9. The van der Waals surface area contributed by atoms with Gasteiger partial charge in [0, 0.05) is 16.6 Å². The van der Waals surface area contributed by atoms with Crippen molar-refractivity contribution < 1.29 is 19.1 Å². The topological polar surface area (TPSA) is 89.6 Å². The van der Waals surface area contributed by atoms with Crippen molar-refractivity contribution in [1.82, 2.24) is 4.98 Å². The molecule has 0 spiro atoms. The number of fused-ring (bicyclic) bond motifs is 1. The van der Waals surface area contributed by atoms with Gasteiger partial charge in [-0.2, -0.15) is 0 Å². The third kappa shape index (κ3) is 4.38. The van der Waals surface area contributed by atoms with E-state index in [2.05, 4.69) is 15.6 Å². The fourth-order valence-electron chi connectivity index (χ4n) is 3.00. The summed E-state index contributed by atoms with van der Waals surface area (Å²) in [7, 11) is 0. The number of aromatic nitrogens is 1. The Balaban J connectivity index is 1.38. The van der Waals surface area contributed by atoms with Crippen LogP contribution in [0.4, 0.5) is 10.8 Å². The molecule has 0 aliphatic carbocycles. The number of anilines is 2. The lowest BCUT2D eigenvalue weighted by molar-refractivity contribution is -0.118. The van der Waals surface area contributed by atoms with Gasteiger partial charge in [0.2, 0.25) is 5.91 Å². The van der Waals surface area contributed by atoms with E-state index in [0.29, 0.717) is 29.7 Å². The maximum atomic E-state index is 12.2. The number of ether oxygens (including phenoxy) is 2. The lowest BCUT2D eigenvalue weighted by Crippen LogP contribution is -2.20. The number of carbonyl (C=O) groups is 2. The Morgan fingerprint density at radius 2 is 2.00 bits per heavy atom. The Morgan fingerprint density at radius 3 is 2.79 bits per heavy atom. The van der Waals surface area contributed by atoms with Gasteiger partial charge < -0.3 is 14.8 Å². The van der Waals surface area contributed by atoms with Crippen LogP contribution in [0.1, 0.15) is 12.5 Å². The van der Waals surface area contributed by atoms with E-state index in [1.165, 1.54) is 11.3 Å². The van der Waals surface area contributed by atoms with E-state index in [4.69, 9.17) is 9.47 Å². The summed E-state index contributed by atoms with van der Waals surface area (Å²) in [5.74, 6) is 0.810. The van der Waals surface area contributed by atoms with Crippen molar-refractivity contribution in [1.29, 1.82) is 0 Å². The van der Waals surface area contributed by atoms with Crippen LogP contribution in [0.15, 0.2) is 47.8 Å². The fraction of sp³-hybridized carbons (Fsp3) is 0.190. The zero-order valence-corrected chi connectivity index (χ0v) is 16.5. The molecule has 0 bridgehead atoms. The Morgan fingerprint density at radius 1 is 1.21 bits per heavy atom. The second-order valence-corrected chi connectivity index (χ2v) is 7.21. The van der Waals surface area contributed by atoms with Gasteiger partial charge in [0.25, 0.3) is 5.91 Å². The Kier molecular flexibility index (Phi) is 5.44. The number of nitrogens with one attached hydrogen (secondary N) is 2. The van der Waals surface area contributed by atoms with Gasteiger partial charge in [-0.1, -0.05) is 18.2 Å². The molecule has 8 heteroatoms. The van der Waals surface area contributed by atoms with Crippen molar-refractivity contribution in [2.75, 3.05) is 23.8 Å². The van der Waals surface area contributed by atoms with Gasteiger partial charge in [-0.15, -0.1) is 11.3 Å². The third-order valence-electron chi connectivity index (χ3n) is 4.28. The summed E-state index contributed by atoms with van der Waals surface area (Å²) in [6.07, 6.45) is 0.372. The second kappa shape index (κ2) is 8.32. The highest BCUT2D eigenvalue weighted by atomic mass is 32.1. The van der Waals surface area contributed by atoms with Crippen LogP contribution in [0.25, 0.3) is 11.3 Å². The monoisotopic (exact) mass is 409 g/mol. The number of nitrogens with zero attached hydrogens (tertiary/aromatic N) is 1. The smallest absolute Gasteiger partial charge is 0.264 e. The van der Waals surface area contributed by atoms with Crippen molar-refractivity contribution in [2.45, 2.75) is 13.3 Å². The molecule has 0 saturated carbocycles. The summed E-state index contributed by atoms with van der Waals surface area (Å²) in [5, 5.41) is 7.91. The number of carbonyl (C=O) groups excluding carboxylic acids is 2. The first kappa shape index (κ1) is 18.9. The summed E-state index contributed by atoms with van der Waals surface area (Å²) in [6.45, 7) is 2.26. The molecule has 2 N–H and O–H groups in total. The van der Waals surface area contributed by atoms with Crippen molar-refractivity contribution in [3.63, 3.8) is 0 Å². The number of rotatable bonds is 7. The van der Waals surface area contributed by atoms with Crippen LogP contribution in [0.3, 0.4) is 0 Å². The highest BCUT2D eigenvalue weighted by molar-refractivity contribution is 7.14. The molecule has 0 saturated heterocycles. The van der Waals surface area contributed by atoms with E-state index in [9.17, 15) is 9.59 Å². The molecular weight excluding hydrogens is 390 g/mol. The number of thiazole rings is 1. The molecule has 0 radical (unpaired) electrons. The van der Waals surface area contributed by atoms with Gasteiger partial charge in [-0.3, -0.25) is 14.9 Å². The minimum absolute atomic E-state index is 0.00529. The average Bonchev–Trinajstić information content (AvgIpc) is 3.32. The van der Waals surface area contributed by atoms with Crippen LogP contribution >= 0.6 is 11.3 Å². The average molecular weight is 409 g/mol. The van der Waals surface area contributed by atoms with E-state index in [1.54, 1.807) is 12.1 Å². The maximum Gasteiger partial charge on any atom is 0.264 e. The largest absolute Gasteiger partial charge is 0.490 e. The molecule has 2 aromatic carbocycles. The Bertz CT molecular complexity index is 1060. The molecule has 1 aromatic heterocycles. The fourth-order valence-corrected chi connectivity index (χ4v) is 3.73. The van der Waals surface area contributed by atoms with E-state index >= 15 is 0 Å².